The summed E-state index contributed by atoms with van der Waals surface area (Å²) in [5, 5.41) is 8.64. The molecule has 0 amide bonds. The first-order chi connectivity index (χ1) is 7.83. The highest BCUT2D eigenvalue weighted by Crippen LogP contribution is 2.21. The highest BCUT2D eigenvalue weighted by Gasteiger charge is 2.15. The monoisotopic (exact) mass is 217 g/mol. The van der Waals surface area contributed by atoms with E-state index in [9.17, 15) is 0 Å². The number of nitrogens with zero attached hydrogens (tertiary/aromatic N) is 2. The van der Waals surface area contributed by atoms with Crippen molar-refractivity contribution in [3.05, 3.63) is 24.4 Å². The fourth-order valence-corrected chi connectivity index (χ4v) is 2.14. The zero-order valence-corrected chi connectivity index (χ0v) is 9.31. The second-order valence-corrected chi connectivity index (χ2v) is 4.22. The van der Waals surface area contributed by atoms with Crippen LogP contribution in [0.4, 0.5) is 0 Å². The Hall–Kier alpha value is -1.55. The Morgan fingerprint density at radius 2 is 2.44 bits per heavy atom. The molecule has 4 heteroatoms. The predicted molar refractivity (Wildman–Crippen MR) is 62.6 cm³/mol. The number of nitrogens with one attached hydrogen (secondary N) is 1. The summed E-state index contributed by atoms with van der Waals surface area (Å²) >= 11 is 0. The van der Waals surface area contributed by atoms with Crippen LogP contribution >= 0.6 is 0 Å². The highest BCUT2D eigenvalue weighted by molar-refractivity contribution is 5.80. The van der Waals surface area contributed by atoms with Crippen LogP contribution in [0.25, 0.3) is 10.9 Å². The van der Waals surface area contributed by atoms with Gasteiger partial charge in [-0.15, -0.1) is 0 Å². The maximum absolute atomic E-state index is 5.89. The Balaban J connectivity index is 1.87. The van der Waals surface area contributed by atoms with Crippen molar-refractivity contribution in [2.75, 3.05) is 13.1 Å². The van der Waals surface area contributed by atoms with E-state index in [1.165, 1.54) is 0 Å². The van der Waals surface area contributed by atoms with Gasteiger partial charge in [0, 0.05) is 19.0 Å². The molecule has 16 heavy (non-hydrogen) atoms. The van der Waals surface area contributed by atoms with Crippen molar-refractivity contribution >= 4 is 10.9 Å². The molecule has 1 saturated heterocycles. The van der Waals surface area contributed by atoms with Gasteiger partial charge in [-0.3, -0.25) is 4.68 Å². The summed E-state index contributed by atoms with van der Waals surface area (Å²) in [4.78, 5) is 0. The molecule has 2 aromatic rings. The number of aryl methyl sites for hydroxylation is 1. The van der Waals surface area contributed by atoms with Gasteiger partial charge in [-0.2, -0.15) is 5.10 Å². The van der Waals surface area contributed by atoms with Crippen molar-refractivity contribution in [2.45, 2.75) is 12.5 Å². The van der Waals surface area contributed by atoms with Crippen LogP contribution in [0, 0.1) is 0 Å². The number of fused-ring (bicyclic) bond motifs is 1. The van der Waals surface area contributed by atoms with Crippen LogP contribution in [-0.4, -0.2) is 29.0 Å². The second-order valence-electron chi connectivity index (χ2n) is 4.22. The topological polar surface area (TPSA) is 39.1 Å². The maximum atomic E-state index is 5.89. The van der Waals surface area contributed by atoms with E-state index >= 15 is 0 Å². The van der Waals surface area contributed by atoms with Crippen LogP contribution in [0.3, 0.4) is 0 Å². The van der Waals surface area contributed by atoms with E-state index in [1.807, 2.05) is 24.0 Å². The zero-order chi connectivity index (χ0) is 11.0. The lowest BCUT2D eigenvalue weighted by Crippen LogP contribution is -2.19. The van der Waals surface area contributed by atoms with Crippen molar-refractivity contribution in [2.24, 2.45) is 7.05 Å². The SMILES string of the molecule is Cn1ncc2cc(OC3CCNC3)ccc21. The van der Waals surface area contributed by atoms with Crippen LogP contribution in [-0.2, 0) is 7.05 Å². The highest BCUT2D eigenvalue weighted by atomic mass is 16.5. The van der Waals surface area contributed by atoms with E-state index in [2.05, 4.69) is 22.5 Å². The van der Waals surface area contributed by atoms with Crippen molar-refractivity contribution in [1.82, 2.24) is 15.1 Å². The van der Waals surface area contributed by atoms with Crippen molar-refractivity contribution in [3.63, 3.8) is 0 Å². The van der Waals surface area contributed by atoms with Gasteiger partial charge in [0.25, 0.3) is 0 Å². The largest absolute Gasteiger partial charge is 0.489 e. The van der Waals surface area contributed by atoms with E-state index in [1.54, 1.807) is 0 Å². The molecule has 84 valence electrons. The van der Waals surface area contributed by atoms with Crippen LogP contribution in [0.2, 0.25) is 0 Å². The van der Waals surface area contributed by atoms with Gasteiger partial charge in [0.15, 0.2) is 0 Å². The van der Waals surface area contributed by atoms with Crippen LogP contribution in [0.1, 0.15) is 6.42 Å². The first-order valence-electron chi connectivity index (χ1n) is 5.62. The Morgan fingerprint density at radius 1 is 1.50 bits per heavy atom. The van der Waals surface area contributed by atoms with Gasteiger partial charge in [-0.1, -0.05) is 0 Å². The molecule has 1 fully saturated rings. The molecule has 0 spiro atoms. The third kappa shape index (κ3) is 1.65. The quantitative estimate of drug-likeness (QED) is 0.824. The van der Waals surface area contributed by atoms with Gasteiger partial charge in [0.05, 0.1) is 11.7 Å². The molecule has 0 saturated carbocycles. The predicted octanol–water partition coefficient (Wildman–Crippen LogP) is 1.31. The van der Waals surface area contributed by atoms with Crippen LogP contribution in [0.15, 0.2) is 24.4 Å². The Labute approximate surface area is 94.2 Å². The molecule has 0 aliphatic carbocycles. The number of aromatic nitrogens is 2. The van der Waals surface area contributed by atoms with Gasteiger partial charge in [-0.05, 0) is 31.2 Å². The molecule has 3 rings (SSSR count). The molecule has 0 bridgehead atoms. The minimum absolute atomic E-state index is 0.314. The number of ether oxygens (including phenoxy) is 1. The number of benzene rings is 1. The molecule has 1 aliphatic heterocycles. The zero-order valence-electron chi connectivity index (χ0n) is 9.31. The fraction of sp³-hybridized carbons (Fsp3) is 0.417. The third-order valence-electron chi connectivity index (χ3n) is 3.04. The fourth-order valence-electron chi connectivity index (χ4n) is 2.14. The van der Waals surface area contributed by atoms with Crippen molar-refractivity contribution < 1.29 is 4.74 Å². The summed E-state index contributed by atoms with van der Waals surface area (Å²) in [6, 6.07) is 6.13. The number of rotatable bonds is 2. The standard InChI is InChI=1S/C12H15N3O/c1-15-12-3-2-10(6-9(12)7-14-15)16-11-4-5-13-8-11/h2-3,6-7,11,13H,4-5,8H2,1H3. The molecular formula is C12H15N3O. The van der Waals surface area contributed by atoms with Crippen molar-refractivity contribution in [1.29, 1.82) is 0 Å². The maximum Gasteiger partial charge on any atom is 0.120 e. The van der Waals surface area contributed by atoms with Gasteiger partial charge in [0.1, 0.15) is 11.9 Å². The molecular weight excluding hydrogens is 202 g/mol. The molecule has 1 unspecified atom stereocenters. The average molecular weight is 217 g/mol. The third-order valence-corrected chi connectivity index (χ3v) is 3.04. The average Bonchev–Trinajstić information content (AvgIpc) is 2.90. The van der Waals surface area contributed by atoms with Gasteiger partial charge >= 0.3 is 0 Å². The minimum atomic E-state index is 0.314. The Bertz CT molecular complexity index is 500. The summed E-state index contributed by atoms with van der Waals surface area (Å²) < 4.78 is 7.76. The van der Waals surface area contributed by atoms with E-state index in [0.717, 1.165) is 36.2 Å². The van der Waals surface area contributed by atoms with E-state index in [0.29, 0.717) is 6.10 Å². The van der Waals surface area contributed by atoms with Crippen molar-refractivity contribution in [3.8, 4) is 5.75 Å². The summed E-state index contributed by atoms with van der Waals surface area (Å²) in [7, 11) is 1.95. The molecule has 4 nitrogen and oxygen atoms in total. The lowest BCUT2D eigenvalue weighted by Gasteiger charge is -2.12. The van der Waals surface area contributed by atoms with Crippen LogP contribution < -0.4 is 10.1 Å². The summed E-state index contributed by atoms with van der Waals surface area (Å²) in [6.45, 7) is 2.00. The van der Waals surface area contributed by atoms with E-state index in [-0.39, 0.29) is 0 Å². The second kappa shape index (κ2) is 3.79. The summed E-state index contributed by atoms with van der Waals surface area (Å²) in [5.74, 6) is 0.939. The summed E-state index contributed by atoms with van der Waals surface area (Å²) in [6.07, 6.45) is 3.27. The first kappa shape index (κ1) is 9.66. The molecule has 0 radical (unpaired) electrons. The molecule has 1 aromatic heterocycles. The molecule has 1 N–H and O–H groups in total. The molecule has 1 aromatic carbocycles. The van der Waals surface area contributed by atoms with Gasteiger partial charge < -0.3 is 10.1 Å². The normalized spacial score (nSPS) is 20.4. The molecule has 1 aliphatic rings. The number of hydrogen-bond acceptors (Lipinski definition) is 3. The number of hydrogen-bond donors (Lipinski definition) is 1. The summed E-state index contributed by atoms with van der Waals surface area (Å²) in [5.41, 5.74) is 1.14. The van der Waals surface area contributed by atoms with Crippen LogP contribution in [0.5, 0.6) is 5.75 Å². The van der Waals surface area contributed by atoms with E-state index < -0.39 is 0 Å². The van der Waals surface area contributed by atoms with E-state index in [4.69, 9.17) is 4.74 Å². The molecule has 1 atom stereocenters. The Morgan fingerprint density at radius 3 is 3.25 bits per heavy atom. The lowest BCUT2D eigenvalue weighted by molar-refractivity contribution is 0.223. The Kier molecular flexibility index (Phi) is 2.29. The van der Waals surface area contributed by atoms with Gasteiger partial charge in [-0.25, -0.2) is 0 Å². The smallest absolute Gasteiger partial charge is 0.120 e. The first-order valence-corrected chi connectivity index (χ1v) is 5.62. The minimum Gasteiger partial charge on any atom is -0.489 e. The molecule has 2 heterocycles. The van der Waals surface area contributed by atoms with Gasteiger partial charge in [0.2, 0.25) is 0 Å². The lowest BCUT2D eigenvalue weighted by atomic mass is 10.2.